The van der Waals surface area contributed by atoms with Gasteiger partial charge >= 0.3 is 5.97 Å². The number of rotatable bonds is 3. The van der Waals surface area contributed by atoms with Gasteiger partial charge in [-0.25, -0.2) is 9.18 Å². The molecule has 0 bridgehead atoms. The Morgan fingerprint density at radius 2 is 1.84 bits per heavy atom. The molecule has 0 aliphatic carbocycles. The smallest absolute Gasteiger partial charge is 0.338 e. The van der Waals surface area contributed by atoms with E-state index in [1.807, 2.05) is 0 Å². The third-order valence-corrected chi connectivity index (χ3v) is 2.98. The molecule has 19 heavy (non-hydrogen) atoms. The van der Waals surface area contributed by atoms with Crippen molar-refractivity contribution in [2.24, 2.45) is 0 Å². The summed E-state index contributed by atoms with van der Waals surface area (Å²) < 4.78 is 18.6. The third kappa shape index (κ3) is 2.69. The highest BCUT2D eigenvalue weighted by Gasteiger charge is 2.11. The molecular formula is C14H10ClFO3. The second kappa shape index (κ2) is 5.28. The molecule has 0 unspecified atom stereocenters. The van der Waals surface area contributed by atoms with Gasteiger partial charge in [0.2, 0.25) is 0 Å². The molecule has 0 aromatic heterocycles. The number of methoxy groups -OCH3 is 1. The number of benzene rings is 2. The molecular weight excluding hydrogens is 271 g/mol. The van der Waals surface area contributed by atoms with Crippen molar-refractivity contribution in [2.45, 2.75) is 0 Å². The van der Waals surface area contributed by atoms with Gasteiger partial charge < -0.3 is 9.84 Å². The first-order chi connectivity index (χ1) is 9.02. The van der Waals surface area contributed by atoms with Crippen LogP contribution in [0.2, 0.25) is 5.02 Å². The molecule has 98 valence electrons. The van der Waals surface area contributed by atoms with Crippen LogP contribution in [0.5, 0.6) is 5.75 Å². The minimum Gasteiger partial charge on any atom is -0.495 e. The molecule has 2 rings (SSSR count). The summed E-state index contributed by atoms with van der Waals surface area (Å²) >= 11 is 5.99. The fourth-order valence-corrected chi connectivity index (χ4v) is 1.97. The Labute approximate surface area is 114 Å². The number of carbonyl (C=O) groups is 1. The maximum absolute atomic E-state index is 13.6. The van der Waals surface area contributed by atoms with Crippen LogP contribution < -0.4 is 4.74 Å². The summed E-state index contributed by atoms with van der Waals surface area (Å²) in [6.45, 7) is 0. The van der Waals surface area contributed by atoms with Crippen molar-refractivity contribution >= 4 is 17.6 Å². The molecule has 0 spiro atoms. The number of ether oxygens (including phenoxy) is 1. The number of hydrogen-bond donors (Lipinski definition) is 1. The van der Waals surface area contributed by atoms with E-state index in [0.29, 0.717) is 21.9 Å². The fraction of sp³-hybridized carbons (Fsp3) is 0.0714. The summed E-state index contributed by atoms with van der Waals surface area (Å²) in [5.41, 5.74) is 0.872. The van der Waals surface area contributed by atoms with Gasteiger partial charge in [0.05, 0.1) is 17.7 Å². The topological polar surface area (TPSA) is 46.5 Å². The van der Waals surface area contributed by atoms with Gasteiger partial charge in [0.15, 0.2) is 0 Å². The summed E-state index contributed by atoms with van der Waals surface area (Å²) in [4.78, 5) is 10.7. The molecule has 0 atom stereocenters. The molecule has 5 heteroatoms. The van der Waals surface area contributed by atoms with Gasteiger partial charge in [-0.2, -0.15) is 0 Å². The van der Waals surface area contributed by atoms with E-state index in [0.717, 1.165) is 0 Å². The van der Waals surface area contributed by atoms with Crippen molar-refractivity contribution in [3.8, 4) is 16.9 Å². The maximum Gasteiger partial charge on any atom is 0.338 e. The lowest BCUT2D eigenvalue weighted by atomic mass is 10.0. The fourth-order valence-electron chi connectivity index (χ4n) is 1.71. The van der Waals surface area contributed by atoms with Crippen molar-refractivity contribution in [2.75, 3.05) is 7.11 Å². The Bertz CT molecular complexity index is 641. The molecule has 0 radical (unpaired) electrons. The normalized spacial score (nSPS) is 10.3. The molecule has 3 nitrogen and oxygen atoms in total. The highest BCUT2D eigenvalue weighted by atomic mass is 35.5. The van der Waals surface area contributed by atoms with Crippen molar-refractivity contribution in [1.29, 1.82) is 0 Å². The van der Waals surface area contributed by atoms with Crippen molar-refractivity contribution in [3.63, 3.8) is 0 Å². The first kappa shape index (κ1) is 13.4. The third-order valence-electron chi connectivity index (χ3n) is 2.68. The van der Waals surface area contributed by atoms with Gasteiger partial charge in [0.25, 0.3) is 0 Å². The van der Waals surface area contributed by atoms with Crippen molar-refractivity contribution in [1.82, 2.24) is 0 Å². The Morgan fingerprint density at radius 1 is 1.21 bits per heavy atom. The molecule has 0 saturated carbocycles. The van der Waals surface area contributed by atoms with Crippen molar-refractivity contribution < 1.29 is 19.0 Å². The molecule has 1 N–H and O–H groups in total. The van der Waals surface area contributed by atoms with Crippen LogP contribution in [-0.2, 0) is 0 Å². The van der Waals surface area contributed by atoms with E-state index in [1.165, 1.54) is 25.3 Å². The molecule has 0 aliphatic heterocycles. The predicted octanol–water partition coefficient (Wildman–Crippen LogP) is 3.85. The van der Waals surface area contributed by atoms with Crippen LogP contribution in [0.4, 0.5) is 4.39 Å². The molecule has 0 saturated heterocycles. The largest absolute Gasteiger partial charge is 0.495 e. The van der Waals surface area contributed by atoms with E-state index < -0.39 is 11.8 Å². The van der Waals surface area contributed by atoms with Gasteiger partial charge in [-0.1, -0.05) is 23.7 Å². The Hall–Kier alpha value is -2.07. The maximum atomic E-state index is 13.6. The van der Waals surface area contributed by atoms with Crippen LogP contribution in [0.15, 0.2) is 36.4 Å². The average molecular weight is 281 g/mol. The molecule has 0 amide bonds. The van der Waals surface area contributed by atoms with Gasteiger partial charge in [-0.05, 0) is 35.4 Å². The molecule has 2 aromatic rings. The molecule has 0 aliphatic rings. The van der Waals surface area contributed by atoms with Gasteiger partial charge in [-0.3, -0.25) is 0 Å². The monoisotopic (exact) mass is 280 g/mol. The zero-order valence-electron chi connectivity index (χ0n) is 9.98. The van der Waals surface area contributed by atoms with E-state index in [4.69, 9.17) is 21.4 Å². The minimum absolute atomic E-state index is 0.358. The molecule has 0 fully saturated rings. The summed E-state index contributed by atoms with van der Waals surface area (Å²) in [6.07, 6.45) is 0. The second-order valence-corrected chi connectivity index (χ2v) is 4.26. The van der Waals surface area contributed by atoms with E-state index in [2.05, 4.69) is 0 Å². The van der Waals surface area contributed by atoms with E-state index in [-0.39, 0.29) is 5.56 Å². The highest BCUT2D eigenvalue weighted by Crippen LogP contribution is 2.30. The summed E-state index contributed by atoms with van der Waals surface area (Å²) in [7, 11) is 1.50. The highest BCUT2D eigenvalue weighted by molar-refractivity contribution is 6.32. The standard InChI is InChI=1S/C14H10ClFO3/c1-19-13-5-3-8(6-11(13)15)9-2-4-10(14(17)18)12(16)7-9/h2-7H,1H3,(H,17,18). The molecule has 2 aromatic carbocycles. The van der Waals surface area contributed by atoms with Crippen LogP contribution >= 0.6 is 11.6 Å². The summed E-state index contributed by atoms with van der Waals surface area (Å²) in [5.74, 6) is -1.55. The Morgan fingerprint density at radius 3 is 2.37 bits per heavy atom. The van der Waals surface area contributed by atoms with Gasteiger partial charge in [0, 0.05) is 0 Å². The Kier molecular flexibility index (Phi) is 3.71. The SMILES string of the molecule is COc1ccc(-c2ccc(C(=O)O)c(F)c2)cc1Cl. The molecule has 0 heterocycles. The van der Waals surface area contributed by atoms with Crippen LogP contribution in [0, 0.1) is 5.82 Å². The predicted molar refractivity (Wildman–Crippen MR) is 70.4 cm³/mol. The van der Waals surface area contributed by atoms with E-state index in [9.17, 15) is 9.18 Å². The van der Waals surface area contributed by atoms with Crippen LogP contribution in [0.1, 0.15) is 10.4 Å². The minimum atomic E-state index is -1.29. The van der Waals surface area contributed by atoms with Gasteiger partial charge in [0.1, 0.15) is 11.6 Å². The van der Waals surface area contributed by atoms with E-state index in [1.54, 1.807) is 18.2 Å². The lowest BCUT2D eigenvalue weighted by Gasteiger charge is -2.07. The zero-order chi connectivity index (χ0) is 14.0. The summed E-state index contributed by atoms with van der Waals surface area (Å²) in [5, 5.41) is 9.17. The van der Waals surface area contributed by atoms with Gasteiger partial charge in [-0.15, -0.1) is 0 Å². The number of carboxylic acid groups (broad SMARTS) is 1. The average Bonchev–Trinajstić information content (AvgIpc) is 2.38. The summed E-state index contributed by atoms with van der Waals surface area (Å²) in [6, 6.07) is 8.95. The number of halogens is 2. The Balaban J connectivity index is 2.45. The lowest BCUT2D eigenvalue weighted by Crippen LogP contribution is -2.00. The number of aromatic carboxylic acids is 1. The lowest BCUT2D eigenvalue weighted by molar-refractivity contribution is 0.0692. The quantitative estimate of drug-likeness (QED) is 0.929. The van der Waals surface area contributed by atoms with Crippen molar-refractivity contribution in [3.05, 3.63) is 52.8 Å². The zero-order valence-corrected chi connectivity index (χ0v) is 10.7. The first-order valence-corrected chi connectivity index (χ1v) is 5.77. The number of hydrogen-bond acceptors (Lipinski definition) is 2. The second-order valence-electron chi connectivity index (χ2n) is 3.85. The van der Waals surface area contributed by atoms with Crippen LogP contribution in [-0.4, -0.2) is 18.2 Å². The van der Waals surface area contributed by atoms with Crippen LogP contribution in [0.25, 0.3) is 11.1 Å². The first-order valence-electron chi connectivity index (χ1n) is 5.39. The van der Waals surface area contributed by atoms with E-state index >= 15 is 0 Å². The number of carboxylic acids is 1. The van der Waals surface area contributed by atoms with Crippen LogP contribution in [0.3, 0.4) is 0 Å².